The summed E-state index contributed by atoms with van der Waals surface area (Å²) in [4.78, 5) is 1.68. The topological polar surface area (TPSA) is 63.4 Å². The lowest BCUT2D eigenvalue weighted by Crippen LogP contribution is -3.20. The van der Waals surface area contributed by atoms with E-state index in [2.05, 4.69) is 0 Å². The van der Waals surface area contributed by atoms with Crippen molar-refractivity contribution in [1.82, 2.24) is 0 Å². The van der Waals surface area contributed by atoms with Crippen LogP contribution >= 0.6 is 0 Å². The van der Waals surface area contributed by atoms with Crippen LogP contribution in [0.15, 0.2) is 0 Å². The molecule has 0 spiro atoms. The quantitative estimate of drug-likeness (QED) is 0.654. The molecule has 2 saturated carbocycles. The third kappa shape index (κ3) is 2.82. The number of aliphatic hydroxyl groups is 2. The van der Waals surface area contributed by atoms with E-state index in [0.29, 0.717) is 29.7 Å². The summed E-state index contributed by atoms with van der Waals surface area (Å²) in [6.07, 6.45) is 6.02. The summed E-state index contributed by atoms with van der Waals surface area (Å²) in [5.74, 6) is 2.38. The van der Waals surface area contributed by atoms with Crippen LogP contribution in [-0.2, 0) is 9.47 Å². The predicted octanol–water partition coefficient (Wildman–Crippen LogP) is -0.148. The molecule has 4 fully saturated rings. The molecule has 0 bridgehead atoms. The molecule has 2 aliphatic heterocycles. The second-order valence-electron chi connectivity index (χ2n) is 8.75. The van der Waals surface area contributed by atoms with Gasteiger partial charge in [-0.15, -0.1) is 0 Å². The van der Waals surface area contributed by atoms with Crippen molar-refractivity contribution in [2.75, 3.05) is 27.3 Å². The van der Waals surface area contributed by atoms with Crippen LogP contribution in [0.5, 0.6) is 0 Å². The highest BCUT2D eigenvalue weighted by molar-refractivity contribution is 4.97. The summed E-state index contributed by atoms with van der Waals surface area (Å²) in [6.45, 7) is 2.30. The van der Waals surface area contributed by atoms with Gasteiger partial charge < -0.3 is 24.6 Å². The lowest BCUT2D eigenvalue weighted by Gasteiger charge is -2.54. The average molecular weight is 340 g/mol. The summed E-state index contributed by atoms with van der Waals surface area (Å²) >= 11 is 0. The van der Waals surface area contributed by atoms with Crippen LogP contribution in [0.2, 0.25) is 0 Å². The molecule has 24 heavy (non-hydrogen) atoms. The number of methoxy groups -OCH3 is 2. The van der Waals surface area contributed by atoms with Gasteiger partial charge in [0.15, 0.2) is 0 Å². The predicted molar refractivity (Wildman–Crippen MR) is 89.8 cm³/mol. The van der Waals surface area contributed by atoms with Crippen molar-refractivity contribution in [3.63, 3.8) is 0 Å². The van der Waals surface area contributed by atoms with Crippen molar-refractivity contribution in [3.05, 3.63) is 0 Å². The number of hydrogen-bond donors (Lipinski definition) is 3. The minimum atomic E-state index is -0.303. The molecule has 138 valence electrons. The molecule has 5 nitrogen and oxygen atoms in total. The zero-order valence-corrected chi connectivity index (χ0v) is 15.1. The normalized spacial score (nSPS) is 54.5. The van der Waals surface area contributed by atoms with Crippen LogP contribution in [0.25, 0.3) is 0 Å². The largest absolute Gasteiger partial charge is 0.390 e. The molecular formula is C19H34NO4+. The van der Waals surface area contributed by atoms with Crippen molar-refractivity contribution >= 4 is 0 Å². The van der Waals surface area contributed by atoms with Gasteiger partial charge in [0.05, 0.1) is 43.5 Å². The van der Waals surface area contributed by atoms with Gasteiger partial charge in [-0.3, -0.25) is 0 Å². The van der Waals surface area contributed by atoms with Crippen molar-refractivity contribution in [1.29, 1.82) is 0 Å². The molecule has 2 saturated heterocycles. The van der Waals surface area contributed by atoms with E-state index < -0.39 is 0 Å². The number of aliphatic hydroxyl groups excluding tert-OH is 2. The first-order valence-electron chi connectivity index (χ1n) is 9.88. The lowest BCUT2D eigenvalue weighted by molar-refractivity contribution is -0.948. The van der Waals surface area contributed by atoms with Crippen LogP contribution in [0, 0.1) is 23.7 Å². The van der Waals surface area contributed by atoms with Crippen molar-refractivity contribution in [3.8, 4) is 0 Å². The van der Waals surface area contributed by atoms with Gasteiger partial charge in [0.25, 0.3) is 0 Å². The number of piperidine rings is 2. The number of rotatable bonds is 2. The maximum Gasteiger partial charge on any atom is 0.0909 e. The highest BCUT2D eigenvalue weighted by Gasteiger charge is 2.53. The lowest BCUT2D eigenvalue weighted by atomic mass is 9.62. The Morgan fingerprint density at radius 2 is 1.58 bits per heavy atom. The second kappa shape index (κ2) is 6.84. The number of quaternary nitrogens is 1. The van der Waals surface area contributed by atoms with Crippen molar-refractivity contribution < 1.29 is 24.6 Å². The van der Waals surface area contributed by atoms with Gasteiger partial charge in [-0.2, -0.15) is 0 Å². The van der Waals surface area contributed by atoms with Gasteiger partial charge in [-0.25, -0.2) is 0 Å². The maximum atomic E-state index is 10.7. The summed E-state index contributed by atoms with van der Waals surface area (Å²) in [5.41, 5.74) is 0. The van der Waals surface area contributed by atoms with Crippen LogP contribution in [0.3, 0.4) is 0 Å². The van der Waals surface area contributed by atoms with E-state index >= 15 is 0 Å². The Balaban J connectivity index is 1.48. The van der Waals surface area contributed by atoms with E-state index in [-0.39, 0.29) is 24.4 Å². The molecule has 0 aromatic rings. The molecule has 10 unspecified atom stereocenters. The molecule has 4 aliphatic rings. The zero-order chi connectivity index (χ0) is 16.8. The maximum absolute atomic E-state index is 10.7. The minimum absolute atomic E-state index is 0.0266. The number of hydrogen-bond acceptors (Lipinski definition) is 4. The molecule has 10 atom stereocenters. The highest BCUT2D eigenvalue weighted by Crippen LogP contribution is 2.43. The van der Waals surface area contributed by atoms with Crippen LogP contribution < -0.4 is 4.90 Å². The smallest absolute Gasteiger partial charge is 0.0909 e. The Morgan fingerprint density at radius 3 is 2.33 bits per heavy atom. The fourth-order valence-electron chi connectivity index (χ4n) is 6.57. The van der Waals surface area contributed by atoms with Gasteiger partial charge in [0.1, 0.15) is 0 Å². The Hall–Kier alpha value is -0.200. The molecule has 0 amide bonds. The summed E-state index contributed by atoms with van der Waals surface area (Å²) < 4.78 is 11.0. The Morgan fingerprint density at radius 1 is 0.833 bits per heavy atom. The Bertz CT molecular complexity index is 445. The molecule has 2 aliphatic carbocycles. The number of fused-ring (bicyclic) bond motifs is 4. The zero-order valence-electron chi connectivity index (χ0n) is 15.1. The molecule has 2 heterocycles. The van der Waals surface area contributed by atoms with E-state index in [4.69, 9.17) is 9.47 Å². The molecular weight excluding hydrogens is 306 g/mol. The first kappa shape index (κ1) is 17.2. The molecule has 0 aromatic carbocycles. The molecule has 0 aromatic heterocycles. The minimum Gasteiger partial charge on any atom is -0.390 e. The van der Waals surface area contributed by atoms with E-state index in [1.165, 1.54) is 25.8 Å². The summed E-state index contributed by atoms with van der Waals surface area (Å²) in [7, 11) is 3.46. The Labute approximate surface area is 145 Å². The van der Waals surface area contributed by atoms with Crippen molar-refractivity contribution in [2.45, 2.75) is 69.0 Å². The molecule has 3 N–H and O–H groups in total. The van der Waals surface area contributed by atoms with Crippen LogP contribution in [0.1, 0.15) is 38.5 Å². The van der Waals surface area contributed by atoms with E-state index in [9.17, 15) is 10.2 Å². The van der Waals surface area contributed by atoms with E-state index in [0.717, 1.165) is 25.8 Å². The van der Waals surface area contributed by atoms with Gasteiger partial charge in [-0.05, 0) is 43.9 Å². The van der Waals surface area contributed by atoms with Gasteiger partial charge in [-0.1, -0.05) is 0 Å². The molecule has 5 heteroatoms. The van der Waals surface area contributed by atoms with E-state index in [1.807, 2.05) is 0 Å². The molecule has 0 radical (unpaired) electrons. The number of nitrogens with one attached hydrogen (secondary N) is 1. The summed E-state index contributed by atoms with van der Waals surface area (Å²) in [6, 6.07) is 0.670. The average Bonchev–Trinajstić information content (AvgIpc) is 2.60. The Kier molecular flexibility index (Phi) is 4.91. The van der Waals surface area contributed by atoms with E-state index in [1.54, 1.807) is 19.1 Å². The number of ether oxygens (including phenoxy) is 2. The molecule has 4 rings (SSSR count). The van der Waals surface area contributed by atoms with Gasteiger partial charge in [0, 0.05) is 32.5 Å². The summed E-state index contributed by atoms with van der Waals surface area (Å²) in [5, 5.41) is 21.1. The second-order valence-corrected chi connectivity index (χ2v) is 8.75. The fourth-order valence-corrected chi connectivity index (χ4v) is 6.57. The third-order valence-electron chi connectivity index (χ3n) is 7.87. The van der Waals surface area contributed by atoms with Crippen LogP contribution in [-0.4, -0.2) is 68.0 Å². The standard InChI is InChI=1S/C19H33NO4/c1-23-17-4-3-11-7-15-13-9-16(21)18(24-2)8-12(13)5-6-20(15)10-14(11)19(17)22/h11-19,21-22H,3-10H2,1-2H3/p+1. The van der Waals surface area contributed by atoms with Crippen LogP contribution in [0.4, 0.5) is 0 Å². The third-order valence-corrected chi connectivity index (χ3v) is 7.87. The monoisotopic (exact) mass is 340 g/mol. The van der Waals surface area contributed by atoms with Gasteiger partial charge in [0.2, 0.25) is 0 Å². The fraction of sp³-hybridized carbons (Fsp3) is 1.00. The SMILES string of the molecule is COC1CC2CC[NH+]3CC4C(CCC(OC)C4O)CC3C2CC1O. The van der Waals surface area contributed by atoms with Crippen molar-refractivity contribution in [2.24, 2.45) is 23.7 Å². The highest BCUT2D eigenvalue weighted by atomic mass is 16.5. The first-order chi connectivity index (χ1) is 11.6. The van der Waals surface area contributed by atoms with Gasteiger partial charge >= 0.3 is 0 Å². The first-order valence-corrected chi connectivity index (χ1v) is 9.88.